The molecule has 0 aliphatic rings. The van der Waals surface area contributed by atoms with Gasteiger partial charge in [-0.3, -0.25) is 4.79 Å². The zero-order chi connectivity index (χ0) is 13.0. The van der Waals surface area contributed by atoms with E-state index < -0.39 is 0 Å². The van der Waals surface area contributed by atoms with Crippen LogP contribution in [0.4, 0.5) is 0 Å². The lowest BCUT2D eigenvalue weighted by Crippen LogP contribution is -2.02. The average molecular weight is 305 g/mol. The molecular weight excluding hydrogens is 292 g/mol. The summed E-state index contributed by atoms with van der Waals surface area (Å²) in [6.45, 7) is 2.51. The number of carbonyl (C=O) groups excluding carboxylic acids is 1. The summed E-state index contributed by atoms with van der Waals surface area (Å²) in [5, 5.41) is 0. The normalized spacial score (nSPS) is 10.1. The van der Waals surface area contributed by atoms with E-state index in [4.69, 9.17) is 4.74 Å². The van der Waals surface area contributed by atoms with Crippen molar-refractivity contribution in [2.75, 3.05) is 6.61 Å². The van der Waals surface area contributed by atoms with Crippen LogP contribution in [0.3, 0.4) is 0 Å². The maximum atomic E-state index is 12.3. The van der Waals surface area contributed by atoms with Crippen LogP contribution in [0.15, 0.2) is 53.0 Å². The van der Waals surface area contributed by atoms with Gasteiger partial charge in [0.2, 0.25) is 0 Å². The van der Waals surface area contributed by atoms with E-state index in [1.54, 1.807) is 18.2 Å². The van der Waals surface area contributed by atoms with Gasteiger partial charge in [0.1, 0.15) is 5.75 Å². The molecule has 0 aliphatic carbocycles. The van der Waals surface area contributed by atoms with Gasteiger partial charge in [-0.1, -0.05) is 40.2 Å². The van der Waals surface area contributed by atoms with Crippen molar-refractivity contribution in [2.45, 2.75) is 6.92 Å². The summed E-state index contributed by atoms with van der Waals surface area (Å²) in [5.41, 5.74) is 1.29. The maximum absolute atomic E-state index is 12.3. The summed E-state index contributed by atoms with van der Waals surface area (Å²) in [6, 6.07) is 14.6. The number of benzene rings is 2. The van der Waals surface area contributed by atoms with Crippen LogP contribution in [-0.4, -0.2) is 12.4 Å². The smallest absolute Gasteiger partial charge is 0.194 e. The standard InChI is InChI=1S/C15H13BrO2/c1-2-18-12-7-5-6-11(10-12)15(17)13-8-3-4-9-14(13)16/h3-10H,2H2,1H3. The first-order valence-electron chi connectivity index (χ1n) is 5.74. The van der Waals surface area contributed by atoms with E-state index in [1.807, 2.05) is 37.3 Å². The van der Waals surface area contributed by atoms with Crippen LogP contribution >= 0.6 is 15.9 Å². The molecular formula is C15H13BrO2. The van der Waals surface area contributed by atoms with Crippen molar-refractivity contribution in [3.63, 3.8) is 0 Å². The zero-order valence-electron chi connectivity index (χ0n) is 10.0. The van der Waals surface area contributed by atoms with E-state index in [0.29, 0.717) is 17.7 Å². The Morgan fingerprint density at radius 1 is 1.17 bits per heavy atom. The summed E-state index contributed by atoms with van der Waals surface area (Å²) in [5.74, 6) is 0.708. The van der Waals surface area contributed by atoms with Crippen molar-refractivity contribution in [1.82, 2.24) is 0 Å². The lowest BCUT2D eigenvalue weighted by atomic mass is 10.0. The molecule has 0 radical (unpaired) electrons. The van der Waals surface area contributed by atoms with E-state index >= 15 is 0 Å². The van der Waals surface area contributed by atoms with Gasteiger partial charge in [-0.2, -0.15) is 0 Å². The minimum Gasteiger partial charge on any atom is -0.494 e. The third-order valence-corrected chi connectivity index (χ3v) is 3.22. The zero-order valence-corrected chi connectivity index (χ0v) is 11.6. The molecule has 2 rings (SSSR count). The molecule has 0 N–H and O–H groups in total. The molecule has 0 bridgehead atoms. The summed E-state index contributed by atoms with van der Waals surface area (Å²) in [7, 11) is 0. The molecule has 0 saturated carbocycles. The summed E-state index contributed by atoms with van der Waals surface area (Å²) in [6.07, 6.45) is 0. The molecule has 0 atom stereocenters. The Bertz CT molecular complexity index is 564. The Balaban J connectivity index is 2.34. The minimum absolute atomic E-state index is 0.0102. The Kier molecular flexibility index (Phi) is 4.15. The van der Waals surface area contributed by atoms with Crippen molar-refractivity contribution in [1.29, 1.82) is 0 Å². The first-order valence-corrected chi connectivity index (χ1v) is 6.53. The van der Waals surface area contributed by atoms with Crippen LogP contribution in [0.2, 0.25) is 0 Å². The second kappa shape index (κ2) is 5.83. The van der Waals surface area contributed by atoms with Crippen molar-refractivity contribution in [2.24, 2.45) is 0 Å². The maximum Gasteiger partial charge on any atom is 0.194 e. The monoisotopic (exact) mass is 304 g/mol. The van der Waals surface area contributed by atoms with Gasteiger partial charge in [0.05, 0.1) is 6.61 Å². The molecule has 0 unspecified atom stereocenters. The predicted molar refractivity (Wildman–Crippen MR) is 75.2 cm³/mol. The van der Waals surface area contributed by atoms with Crippen molar-refractivity contribution >= 4 is 21.7 Å². The summed E-state index contributed by atoms with van der Waals surface area (Å²) in [4.78, 5) is 12.3. The highest BCUT2D eigenvalue weighted by molar-refractivity contribution is 9.10. The third-order valence-electron chi connectivity index (χ3n) is 2.53. The predicted octanol–water partition coefficient (Wildman–Crippen LogP) is 4.08. The van der Waals surface area contributed by atoms with Gasteiger partial charge in [0, 0.05) is 15.6 Å². The Labute approximate surface area is 115 Å². The molecule has 0 fully saturated rings. The molecule has 3 heteroatoms. The highest BCUT2D eigenvalue weighted by Gasteiger charge is 2.12. The van der Waals surface area contributed by atoms with E-state index in [9.17, 15) is 4.79 Å². The number of rotatable bonds is 4. The van der Waals surface area contributed by atoms with Gasteiger partial charge in [-0.05, 0) is 31.2 Å². The lowest BCUT2D eigenvalue weighted by molar-refractivity contribution is 0.103. The average Bonchev–Trinajstić information content (AvgIpc) is 2.39. The van der Waals surface area contributed by atoms with Crippen molar-refractivity contribution in [3.8, 4) is 5.75 Å². The van der Waals surface area contributed by atoms with E-state index in [2.05, 4.69) is 15.9 Å². The van der Waals surface area contributed by atoms with Gasteiger partial charge in [-0.25, -0.2) is 0 Å². The van der Waals surface area contributed by atoms with Crippen LogP contribution in [0.5, 0.6) is 5.75 Å². The number of hydrogen-bond donors (Lipinski definition) is 0. The van der Waals surface area contributed by atoms with E-state index in [-0.39, 0.29) is 5.78 Å². The molecule has 0 saturated heterocycles. The first-order chi connectivity index (χ1) is 8.72. The largest absolute Gasteiger partial charge is 0.494 e. The van der Waals surface area contributed by atoms with Crippen molar-refractivity contribution < 1.29 is 9.53 Å². The van der Waals surface area contributed by atoms with Crippen LogP contribution in [0.1, 0.15) is 22.8 Å². The number of halogens is 1. The molecule has 0 amide bonds. The van der Waals surface area contributed by atoms with Crippen LogP contribution in [0, 0.1) is 0 Å². The third kappa shape index (κ3) is 2.79. The summed E-state index contributed by atoms with van der Waals surface area (Å²) >= 11 is 3.39. The fourth-order valence-corrected chi connectivity index (χ4v) is 2.16. The first kappa shape index (κ1) is 12.8. The van der Waals surface area contributed by atoms with Crippen molar-refractivity contribution in [3.05, 3.63) is 64.1 Å². The van der Waals surface area contributed by atoms with Crippen LogP contribution in [-0.2, 0) is 0 Å². The quantitative estimate of drug-likeness (QED) is 0.796. The molecule has 0 aliphatic heterocycles. The number of carbonyl (C=O) groups is 1. The fourth-order valence-electron chi connectivity index (χ4n) is 1.69. The molecule has 18 heavy (non-hydrogen) atoms. The van der Waals surface area contributed by atoms with Gasteiger partial charge in [0.15, 0.2) is 5.78 Å². The fraction of sp³-hybridized carbons (Fsp3) is 0.133. The topological polar surface area (TPSA) is 26.3 Å². The molecule has 2 aromatic rings. The van der Waals surface area contributed by atoms with E-state index in [0.717, 1.165) is 10.2 Å². The molecule has 92 valence electrons. The number of ketones is 1. The summed E-state index contributed by atoms with van der Waals surface area (Å²) < 4.78 is 6.20. The minimum atomic E-state index is -0.0102. The van der Waals surface area contributed by atoms with Crippen LogP contribution < -0.4 is 4.74 Å². The number of ether oxygens (including phenoxy) is 1. The Morgan fingerprint density at radius 3 is 2.67 bits per heavy atom. The van der Waals surface area contributed by atoms with Gasteiger partial charge in [0.25, 0.3) is 0 Å². The molecule has 0 heterocycles. The molecule has 2 aromatic carbocycles. The van der Waals surface area contributed by atoms with Gasteiger partial charge in [-0.15, -0.1) is 0 Å². The molecule has 2 nitrogen and oxygen atoms in total. The van der Waals surface area contributed by atoms with Crippen LogP contribution in [0.25, 0.3) is 0 Å². The lowest BCUT2D eigenvalue weighted by Gasteiger charge is -2.06. The second-order valence-corrected chi connectivity index (χ2v) is 4.62. The van der Waals surface area contributed by atoms with Gasteiger partial charge >= 0.3 is 0 Å². The Hall–Kier alpha value is -1.61. The molecule has 0 spiro atoms. The molecule has 0 aromatic heterocycles. The van der Waals surface area contributed by atoms with Gasteiger partial charge < -0.3 is 4.74 Å². The van der Waals surface area contributed by atoms with E-state index in [1.165, 1.54) is 0 Å². The number of hydrogen-bond acceptors (Lipinski definition) is 2. The highest BCUT2D eigenvalue weighted by atomic mass is 79.9. The SMILES string of the molecule is CCOc1cccc(C(=O)c2ccccc2Br)c1. The second-order valence-electron chi connectivity index (χ2n) is 3.77. The Morgan fingerprint density at radius 2 is 1.94 bits per heavy atom. The highest BCUT2D eigenvalue weighted by Crippen LogP contribution is 2.21.